The van der Waals surface area contributed by atoms with Crippen molar-refractivity contribution in [2.75, 3.05) is 5.32 Å². The van der Waals surface area contributed by atoms with Gasteiger partial charge in [0, 0.05) is 29.0 Å². The smallest absolute Gasteiger partial charge is 0.0438 e. The second kappa shape index (κ2) is 7.75. The normalized spacial score (nSPS) is 15.6. The van der Waals surface area contributed by atoms with E-state index in [9.17, 15) is 0 Å². The second-order valence-corrected chi connectivity index (χ2v) is 7.90. The highest BCUT2D eigenvalue weighted by molar-refractivity contribution is 6.31. The van der Waals surface area contributed by atoms with Crippen LogP contribution < -0.4 is 10.6 Å². The summed E-state index contributed by atoms with van der Waals surface area (Å²) in [6.45, 7) is 5.02. The Bertz CT molecular complexity index is 964. The molecule has 0 aromatic heterocycles. The van der Waals surface area contributed by atoms with E-state index in [1.807, 2.05) is 6.92 Å². The lowest BCUT2D eigenvalue weighted by Crippen LogP contribution is -2.28. The summed E-state index contributed by atoms with van der Waals surface area (Å²) in [6, 6.07) is 21.9. The van der Waals surface area contributed by atoms with E-state index in [4.69, 9.17) is 11.6 Å². The Morgan fingerprint density at radius 3 is 2.52 bits per heavy atom. The summed E-state index contributed by atoms with van der Waals surface area (Å²) >= 11 is 6.24. The first-order valence-electron chi connectivity index (χ1n) is 9.51. The third-order valence-electron chi connectivity index (χ3n) is 5.39. The molecule has 0 heterocycles. The maximum absolute atomic E-state index is 6.24. The van der Waals surface area contributed by atoms with Crippen LogP contribution in [0.3, 0.4) is 0 Å². The van der Waals surface area contributed by atoms with Crippen LogP contribution in [0, 0.1) is 13.8 Å². The lowest BCUT2D eigenvalue weighted by atomic mass is 10.1. The summed E-state index contributed by atoms with van der Waals surface area (Å²) in [5, 5.41) is 8.09. The minimum atomic E-state index is 0.480. The van der Waals surface area contributed by atoms with Gasteiger partial charge in [-0.05, 0) is 78.8 Å². The fraction of sp³-hybridized carbons (Fsp3) is 0.250. The van der Waals surface area contributed by atoms with E-state index in [1.165, 1.54) is 27.9 Å². The lowest BCUT2D eigenvalue weighted by Gasteiger charge is -2.12. The molecule has 0 bridgehead atoms. The van der Waals surface area contributed by atoms with Gasteiger partial charge in [-0.2, -0.15) is 0 Å². The van der Waals surface area contributed by atoms with E-state index >= 15 is 0 Å². The fourth-order valence-corrected chi connectivity index (χ4v) is 3.92. The molecule has 0 aliphatic heterocycles. The summed E-state index contributed by atoms with van der Waals surface area (Å²) in [6.07, 6.45) is 2.15. The number of hydrogen-bond acceptors (Lipinski definition) is 2. The third-order valence-corrected chi connectivity index (χ3v) is 5.80. The van der Waals surface area contributed by atoms with Gasteiger partial charge in [-0.3, -0.25) is 0 Å². The van der Waals surface area contributed by atoms with Crippen LogP contribution in [0.15, 0.2) is 60.7 Å². The van der Waals surface area contributed by atoms with Crippen molar-refractivity contribution in [3.63, 3.8) is 0 Å². The van der Waals surface area contributed by atoms with Gasteiger partial charge in [0.2, 0.25) is 0 Å². The van der Waals surface area contributed by atoms with Gasteiger partial charge in [-0.15, -0.1) is 0 Å². The van der Waals surface area contributed by atoms with E-state index in [0.29, 0.717) is 6.04 Å². The van der Waals surface area contributed by atoms with Gasteiger partial charge in [0.1, 0.15) is 0 Å². The van der Waals surface area contributed by atoms with Crippen LogP contribution in [-0.4, -0.2) is 6.04 Å². The average molecular weight is 377 g/mol. The highest BCUT2D eigenvalue weighted by Gasteiger charge is 2.21. The van der Waals surface area contributed by atoms with E-state index < -0.39 is 0 Å². The summed E-state index contributed by atoms with van der Waals surface area (Å²) in [5.74, 6) is 0. The molecule has 0 saturated carbocycles. The molecule has 0 spiro atoms. The van der Waals surface area contributed by atoms with Crippen LogP contribution >= 0.6 is 11.6 Å². The number of para-hydroxylation sites is 1. The summed E-state index contributed by atoms with van der Waals surface area (Å²) in [7, 11) is 0. The predicted molar refractivity (Wildman–Crippen MR) is 115 cm³/mol. The molecule has 3 aromatic carbocycles. The molecular weight excluding hydrogens is 352 g/mol. The Morgan fingerprint density at radius 1 is 0.889 bits per heavy atom. The van der Waals surface area contributed by atoms with Crippen LogP contribution in [0.1, 0.15) is 27.8 Å². The summed E-state index contributed by atoms with van der Waals surface area (Å²) in [4.78, 5) is 0. The minimum absolute atomic E-state index is 0.480. The quantitative estimate of drug-likeness (QED) is 0.574. The van der Waals surface area contributed by atoms with E-state index in [2.05, 4.69) is 78.2 Å². The first kappa shape index (κ1) is 18.1. The zero-order valence-corrected chi connectivity index (χ0v) is 16.6. The van der Waals surface area contributed by atoms with Gasteiger partial charge in [0.05, 0.1) is 0 Å². The number of nitrogens with one attached hydrogen (secondary N) is 2. The molecule has 0 saturated heterocycles. The van der Waals surface area contributed by atoms with Gasteiger partial charge in [-0.25, -0.2) is 0 Å². The molecule has 3 aromatic rings. The summed E-state index contributed by atoms with van der Waals surface area (Å²) < 4.78 is 0. The maximum atomic E-state index is 6.24. The number of anilines is 2. The molecule has 27 heavy (non-hydrogen) atoms. The Kier molecular flexibility index (Phi) is 5.20. The number of halogens is 1. The molecule has 2 N–H and O–H groups in total. The van der Waals surface area contributed by atoms with Gasteiger partial charge < -0.3 is 10.6 Å². The minimum Gasteiger partial charge on any atom is -0.355 e. The van der Waals surface area contributed by atoms with Crippen LogP contribution in [0.2, 0.25) is 5.02 Å². The van der Waals surface area contributed by atoms with Gasteiger partial charge >= 0.3 is 0 Å². The zero-order valence-electron chi connectivity index (χ0n) is 15.9. The molecule has 1 aliphatic rings. The molecule has 2 nitrogen and oxygen atoms in total. The van der Waals surface area contributed by atoms with Gasteiger partial charge in [-0.1, -0.05) is 48.0 Å². The first-order chi connectivity index (χ1) is 13.1. The van der Waals surface area contributed by atoms with Crippen LogP contribution in [-0.2, 0) is 19.4 Å². The molecule has 3 heteroatoms. The number of fused-ring (bicyclic) bond motifs is 1. The molecule has 0 radical (unpaired) electrons. The van der Waals surface area contributed by atoms with Crippen molar-refractivity contribution in [2.45, 2.75) is 39.3 Å². The second-order valence-electron chi connectivity index (χ2n) is 7.49. The van der Waals surface area contributed by atoms with E-state index in [0.717, 1.165) is 35.7 Å². The van der Waals surface area contributed by atoms with Gasteiger partial charge in [0.15, 0.2) is 0 Å². The van der Waals surface area contributed by atoms with Crippen molar-refractivity contribution in [1.82, 2.24) is 5.32 Å². The van der Waals surface area contributed by atoms with Crippen molar-refractivity contribution < 1.29 is 0 Å². The topological polar surface area (TPSA) is 24.1 Å². The first-order valence-corrected chi connectivity index (χ1v) is 9.89. The number of hydrogen-bond donors (Lipinski definition) is 2. The van der Waals surface area contributed by atoms with E-state index in [-0.39, 0.29) is 0 Å². The molecule has 4 rings (SSSR count). The van der Waals surface area contributed by atoms with Crippen molar-refractivity contribution in [1.29, 1.82) is 0 Å². The van der Waals surface area contributed by atoms with Crippen molar-refractivity contribution in [2.24, 2.45) is 0 Å². The Balaban J connectivity index is 1.40. The molecule has 138 valence electrons. The van der Waals surface area contributed by atoms with E-state index in [1.54, 1.807) is 0 Å². The Labute approximate surface area is 166 Å². The number of rotatable bonds is 5. The molecule has 0 fully saturated rings. The lowest BCUT2D eigenvalue weighted by molar-refractivity contribution is 0.533. The molecule has 1 atom stereocenters. The molecule has 1 unspecified atom stereocenters. The summed E-state index contributed by atoms with van der Waals surface area (Å²) in [5.41, 5.74) is 8.84. The molecule has 0 amide bonds. The van der Waals surface area contributed by atoms with Crippen LogP contribution in [0.25, 0.3) is 0 Å². The SMILES string of the molecule is Cc1ccc(CNC2Cc3ccc(Nc4ccccc4C)cc3C2)cc1Cl. The third kappa shape index (κ3) is 4.18. The maximum Gasteiger partial charge on any atom is 0.0438 e. The number of aryl methyl sites for hydroxylation is 2. The Morgan fingerprint density at radius 2 is 1.70 bits per heavy atom. The predicted octanol–water partition coefficient (Wildman–Crippen LogP) is 5.96. The largest absolute Gasteiger partial charge is 0.355 e. The zero-order chi connectivity index (χ0) is 18.8. The Hall–Kier alpha value is -2.29. The fourth-order valence-electron chi connectivity index (χ4n) is 3.72. The standard InChI is InChI=1S/C24H25ClN2/c1-16-7-8-18(11-23(16)25)15-26-22-12-19-9-10-21(13-20(19)14-22)27-24-6-4-3-5-17(24)2/h3-11,13,22,26-27H,12,14-15H2,1-2H3. The highest BCUT2D eigenvalue weighted by atomic mass is 35.5. The average Bonchev–Trinajstić information content (AvgIpc) is 3.07. The van der Waals surface area contributed by atoms with Gasteiger partial charge in [0.25, 0.3) is 0 Å². The molecular formula is C24H25ClN2. The van der Waals surface area contributed by atoms with Crippen LogP contribution in [0.5, 0.6) is 0 Å². The van der Waals surface area contributed by atoms with Crippen molar-refractivity contribution >= 4 is 23.0 Å². The van der Waals surface area contributed by atoms with Crippen LogP contribution in [0.4, 0.5) is 11.4 Å². The van der Waals surface area contributed by atoms with Crippen molar-refractivity contribution in [3.05, 3.63) is 93.5 Å². The van der Waals surface area contributed by atoms with Crippen molar-refractivity contribution in [3.8, 4) is 0 Å². The monoisotopic (exact) mass is 376 g/mol. The highest BCUT2D eigenvalue weighted by Crippen LogP contribution is 2.28. The molecule has 1 aliphatic carbocycles. The number of benzene rings is 3.